The molecular formula is C22H22N2O5S2. The molecule has 162 valence electrons. The maximum Gasteiger partial charge on any atom is 0.348 e. The Kier molecular flexibility index (Phi) is 7.09. The van der Waals surface area contributed by atoms with Gasteiger partial charge in [0.15, 0.2) is 0 Å². The topological polar surface area (TPSA) is 107 Å². The van der Waals surface area contributed by atoms with E-state index in [0.717, 1.165) is 5.56 Å². The van der Waals surface area contributed by atoms with E-state index in [9.17, 15) is 18.0 Å². The summed E-state index contributed by atoms with van der Waals surface area (Å²) in [7, 11) is -3.68. The quantitative estimate of drug-likeness (QED) is 0.589. The molecule has 0 unspecified atom stereocenters. The normalized spacial score (nSPS) is 12.5. The molecule has 0 radical (unpaired) electrons. The summed E-state index contributed by atoms with van der Waals surface area (Å²) in [4.78, 5) is 22.9. The number of carbonyl (C=O) groups excluding carboxylic acids is 2. The summed E-state index contributed by atoms with van der Waals surface area (Å²) in [5.74, 6) is -0.869. The molecular weight excluding hydrogens is 436 g/mol. The Morgan fingerprint density at radius 1 is 1.10 bits per heavy atom. The molecule has 0 spiro atoms. The fourth-order valence-corrected chi connectivity index (χ4v) is 5.26. The number of thiophene rings is 1. The van der Waals surface area contributed by atoms with E-state index in [4.69, 9.17) is 10.5 Å². The van der Waals surface area contributed by atoms with Crippen LogP contribution in [0, 0.1) is 0 Å². The van der Waals surface area contributed by atoms with E-state index in [1.807, 2.05) is 29.6 Å². The van der Waals surface area contributed by atoms with Gasteiger partial charge in [-0.1, -0.05) is 30.3 Å². The van der Waals surface area contributed by atoms with Crippen molar-refractivity contribution in [1.29, 1.82) is 0 Å². The van der Waals surface area contributed by atoms with E-state index in [-0.39, 0.29) is 16.4 Å². The number of esters is 1. The third-order valence-electron chi connectivity index (χ3n) is 4.55. The summed E-state index contributed by atoms with van der Waals surface area (Å²) >= 11 is 1.40. The van der Waals surface area contributed by atoms with Crippen LogP contribution in [0.15, 0.2) is 70.9 Å². The average Bonchev–Trinajstić information content (AvgIpc) is 3.45. The lowest BCUT2D eigenvalue weighted by molar-refractivity contribution is 0.0532. The van der Waals surface area contributed by atoms with Gasteiger partial charge in [-0.15, -0.1) is 11.3 Å². The predicted molar refractivity (Wildman–Crippen MR) is 120 cm³/mol. The molecule has 9 heteroatoms. The van der Waals surface area contributed by atoms with Gasteiger partial charge in [-0.2, -0.15) is 0 Å². The molecule has 0 aliphatic carbocycles. The summed E-state index contributed by atoms with van der Waals surface area (Å²) in [6, 6.07) is 16.8. The Labute approximate surface area is 185 Å². The standard InChI is InChI=1S/C15H14N2O3S.C7H8O2S/c16-15(18)12-5-3-6-13(10-12)21(19,20)17-9-8-11-4-1-2-7-14(11)17;1-2-9-7(8)6-4-3-5-10-6/h1-7,10H,8-9H2,(H2,16,18);3-5H,2H2,1H3. The Morgan fingerprint density at radius 3 is 2.55 bits per heavy atom. The molecule has 0 saturated heterocycles. The molecule has 2 aromatic carbocycles. The number of hydrogen-bond acceptors (Lipinski definition) is 6. The molecule has 7 nitrogen and oxygen atoms in total. The average molecular weight is 459 g/mol. The maximum atomic E-state index is 12.7. The number of hydrogen-bond donors (Lipinski definition) is 1. The van der Waals surface area contributed by atoms with Crippen LogP contribution in [0.25, 0.3) is 0 Å². The zero-order valence-electron chi connectivity index (χ0n) is 16.9. The molecule has 3 aromatic rings. The highest BCUT2D eigenvalue weighted by atomic mass is 32.2. The summed E-state index contributed by atoms with van der Waals surface area (Å²) in [6.07, 6.45) is 0.685. The van der Waals surface area contributed by atoms with E-state index in [1.165, 1.54) is 39.9 Å². The van der Waals surface area contributed by atoms with Crippen LogP contribution in [0.1, 0.15) is 32.5 Å². The Morgan fingerprint density at radius 2 is 1.87 bits per heavy atom. The van der Waals surface area contributed by atoms with Gasteiger partial charge in [-0.05, 0) is 54.6 Å². The second-order valence-electron chi connectivity index (χ2n) is 6.55. The molecule has 1 aliphatic rings. The monoisotopic (exact) mass is 458 g/mol. The minimum absolute atomic E-state index is 0.0792. The van der Waals surface area contributed by atoms with E-state index < -0.39 is 15.9 Å². The lowest BCUT2D eigenvalue weighted by Crippen LogP contribution is -2.29. The predicted octanol–water partition coefficient (Wildman–Crippen LogP) is 3.46. The van der Waals surface area contributed by atoms with Crippen LogP contribution < -0.4 is 10.0 Å². The number of anilines is 1. The van der Waals surface area contributed by atoms with Crippen molar-refractivity contribution in [1.82, 2.24) is 0 Å². The van der Waals surface area contributed by atoms with E-state index in [2.05, 4.69) is 0 Å². The number of carbonyl (C=O) groups is 2. The molecule has 1 aliphatic heterocycles. The second-order valence-corrected chi connectivity index (χ2v) is 9.36. The van der Waals surface area contributed by atoms with Gasteiger partial charge in [0.1, 0.15) is 4.88 Å². The maximum absolute atomic E-state index is 12.7. The summed E-state index contributed by atoms with van der Waals surface area (Å²) in [5.41, 5.74) is 7.10. The molecule has 1 aromatic heterocycles. The van der Waals surface area contributed by atoms with Gasteiger partial charge in [0.25, 0.3) is 10.0 Å². The highest BCUT2D eigenvalue weighted by Crippen LogP contribution is 2.32. The van der Waals surface area contributed by atoms with Crippen molar-refractivity contribution in [2.75, 3.05) is 17.5 Å². The number of primary amides is 1. The molecule has 0 saturated carbocycles. The van der Waals surface area contributed by atoms with Crippen molar-refractivity contribution >= 4 is 38.9 Å². The Balaban J connectivity index is 0.000000229. The van der Waals surface area contributed by atoms with E-state index in [1.54, 1.807) is 19.1 Å². The third-order valence-corrected chi connectivity index (χ3v) is 7.21. The highest BCUT2D eigenvalue weighted by Gasteiger charge is 2.30. The summed E-state index contributed by atoms with van der Waals surface area (Å²) < 4.78 is 31.6. The smallest absolute Gasteiger partial charge is 0.348 e. The summed E-state index contributed by atoms with van der Waals surface area (Å²) in [5, 5.41) is 1.85. The number of fused-ring (bicyclic) bond motifs is 1. The largest absolute Gasteiger partial charge is 0.462 e. The van der Waals surface area contributed by atoms with Gasteiger partial charge in [0, 0.05) is 12.1 Å². The van der Waals surface area contributed by atoms with Crippen LogP contribution in [0.2, 0.25) is 0 Å². The lowest BCUT2D eigenvalue weighted by atomic mass is 10.2. The van der Waals surface area contributed by atoms with Crippen LogP contribution in [-0.2, 0) is 21.2 Å². The number of benzene rings is 2. The highest BCUT2D eigenvalue weighted by molar-refractivity contribution is 7.92. The minimum atomic E-state index is -3.68. The van der Waals surface area contributed by atoms with Gasteiger partial charge < -0.3 is 10.5 Å². The molecule has 4 rings (SSSR count). The first-order valence-corrected chi connectivity index (χ1v) is 11.9. The zero-order chi connectivity index (χ0) is 22.4. The van der Waals surface area contributed by atoms with Crippen molar-refractivity contribution in [3.05, 3.63) is 82.0 Å². The molecule has 0 fully saturated rings. The molecule has 31 heavy (non-hydrogen) atoms. The van der Waals surface area contributed by atoms with Gasteiger partial charge in [-0.25, -0.2) is 13.2 Å². The molecule has 2 heterocycles. The fourth-order valence-electron chi connectivity index (χ4n) is 3.09. The van der Waals surface area contributed by atoms with Crippen LogP contribution >= 0.6 is 11.3 Å². The number of nitrogens with two attached hydrogens (primary N) is 1. The van der Waals surface area contributed by atoms with Gasteiger partial charge in [0.05, 0.1) is 17.2 Å². The number of sulfonamides is 1. The molecule has 0 bridgehead atoms. The van der Waals surface area contributed by atoms with Crippen molar-refractivity contribution in [3.8, 4) is 0 Å². The number of ether oxygens (including phenoxy) is 1. The molecule has 2 N–H and O–H groups in total. The third kappa shape index (κ3) is 5.12. The SMILES string of the molecule is CCOC(=O)c1cccs1.NC(=O)c1cccc(S(=O)(=O)N2CCc3ccccc32)c1. The first-order chi connectivity index (χ1) is 14.8. The molecule has 0 atom stereocenters. The number of rotatable bonds is 5. The van der Waals surface area contributed by atoms with Crippen molar-refractivity contribution in [2.45, 2.75) is 18.2 Å². The number of amides is 1. The summed E-state index contributed by atoms with van der Waals surface area (Å²) in [6.45, 7) is 2.64. The lowest BCUT2D eigenvalue weighted by Gasteiger charge is -2.19. The van der Waals surface area contributed by atoms with E-state index >= 15 is 0 Å². The van der Waals surface area contributed by atoms with Crippen molar-refractivity contribution in [2.24, 2.45) is 5.73 Å². The van der Waals surface area contributed by atoms with Crippen LogP contribution in [0.5, 0.6) is 0 Å². The van der Waals surface area contributed by atoms with Crippen LogP contribution in [0.3, 0.4) is 0 Å². The first kappa shape index (κ1) is 22.5. The second kappa shape index (κ2) is 9.76. The molecule has 1 amide bonds. The minimum Gasteiger partial charge on any atom is -0.462 e. The van der Waals surface area contributed by atoms with E-state index in [0.29, 0.717) is 30.1 Å². The van der Waals surface area contributed by atoms with Crippen LogP contribution in [-0.4, -0.2) is 33.4 Å². The van der Waals surface area contributed by atoms with Gasteiger partial charge in [-0.3, -0.25) is 9.10 Å². The first-order valence-electron chi connectivity index (χ1n) is 9.55. The Bertz CT molecular complexity index is 1170. The van der Waals surface area contributed by atoms with Crippen LogP contribution in [0.4, 0.5) is 5.69 Å². The van der Waals surface area contributed by atoms with Crippen molar-refractivity contribution in [3.63, 3.8) is 0 Å². The van der Waals surface area contributed by atoms with Gasteiger partial charge >= 0.3 is 5.97 Å². The Hall–Kier alpha value is -3.17. The van der Waals surface area contributed by atoms with Crippen molar-refractivity contribution < 1.29 is 22.7 Å². The fraction of sp³-hybridized carbons (Fsp3) is 0.182. The number of nitrogens with zero attached hydrogens (tertiary/aromatic N) is 1. The number of para-hydroxylation sites is 1. The van der Waals surface area contributed by atoms with Gasteiger partial charge in [0.2, 0.25) is 5.91 Å². The zero-order valence-corrected chi connectivity index (χ0v) is 18.5.